The van der Waals surface area contributed by atoms with E-state index < -0.39 is 6.10 Å². The smallest absolute Gasteiger partial charge is 0.306 e. The lowest BCUT2D eigenvalue weighted by Gasteiger charge is -2.18. The Morgan fingerprint density at radius 3 is 0.812 bits per heavy atom. The number of carbonyl (C=O) groups excluding carboxylic acids is 3. The summed E-state index contributed by atoms with van der Waals surface area (Å²) in [7, 11) is 0. The molecular formula is C74H116O6. The van der Waals surface area contributed by atoms with E-state index >= 15 is 0 Å². The van der Waals surface area contributed by atoms with Crippen LogP contribution in [0.5, 0.6) is 0 Å². The Morgan fingerprint density at radius 1 is 0.263 bits per heavy atom. The predicted molar refractivity (Wildman–Crippen MR) is 348 cm³/mol. The summed E-state index contributed by atoms with van der Waals surface area (Å²) in [6.45, 7) is 6.36. The zero-order valence-corrected chi connectivity index (χ0v) is 51.3. The van der Waals surface area contributed by atoms with Crippen LogP contribution in [0.3, 0.4) is 0 Å². The molecule has 0 saturated heterocycles. The third-order valence-electron chi connectivity index (χ3n) is 12.9. The molecule has 0 aliphatic carbocycles. The van der Waals surface area contributed by atoms with Gasteiger partial charge in [-0.05, 0) is 148 Å². The fourth-order valence-corrected chi connectivity index (χ4v) is 8.11. The second-order valence-electron chi connectivity index (χ2n) is 20.6. The van der Waals surface area contributed by atoms with Gasteiger partial charge in [-0.1, -0.05) is 262 Å². The van der Waals surface area contributed by atoms with Crippen molar-refractivity contribution < 1.29 is 28.6 Å². The molecule has 80 heavy (non-hydrogen) atoms. The SMILES string of the molecule is CC/C=C\C/C=C\C/C=C\C/C=C\C/C=C\C/C=C\C/C=C\C/C=C\C/C=C\C/C=C\CCCCCCC(=O)OCC(COC(=O)CCCCCCC/C=C\C/C=C\CCC)OC(=O)CCCCCCC/C=C\C/C=C\CCCC. The van der Waals surface area contributed by atoms with E-state index in [1.807, 2.05) is 0 Å². The predicted octanol–water partition coefficient (Wildman–Crippen LogP) is 22.3. The van der Waals surface area contributed by atoms with Gasteiger partial charge in [0.2, 0.25) is 0 Å². The molecule has 0 rings (SSSR count). The van der Waals surface area contributed by atoms with Gasteiger partial charge in [0.25, 0.3) is 0 Å². The lowest BCUT2D eigenvalue weighted by molar-refractivity contribution is -0.167. The summed E-state index contributed by atoms with van der Waals surface area (Å²) in [6, 6.07) is 0. The van der Waals surface area contributed by atoms with Gasteiger partial charge in [-0.25, -0.2) is 0 Å². The first-order valence-electron chi connectivity index (χ1n) is 32.1. The van der Waals surface area contributed by atoms with Crippen molar-refractivity contribution in [3.63, 3.8) is 0 Å². The van der Waals surface area contributed by atoms with Crippen LogP contribution in [0.2, 0.25) is 0 Å². The highest BCUT2D eigenvalue weighted by Gasteiger charge is 2.19. The van der Waals surface area contributed by atoms with Crippen LogP contribution in [-0.4, -0.2) is 37.2 Å². The van der Waals surface area contributed by atoms with Crippen LogP contribution in [0.15, 0.2) is 170 Å². The van der Waals surface area contributed by atoms with E-state index in [0.29, 0.717) is 19.3 Å². The van der Waals surface area contributed by atoms with E-state index in [-0.39, 0.29) is 31.1 Å². The van der Waals surface area contributed by atoms with Crippen molar-refractivity contribution in [2.24, 2.45) is 0 Å². The minimum atomic E-state index is -0.810. The second kappa shape index (κ2) is 66.3. The van der Waals surface area contributed by atoms with Gasteiger partial charge in [0.1, 0.15) is 13.2 Å². The molecule has 6 nitrogen and oxygen atoms in total. The number of hydrogen-bond donors (Lipinski definition) is 0. The fraction of sp³-hybridized carbons (Fsp3) is 0.581. The van der Waals surface area contributed by atoms with Gasteiger partial charge in [-0.2, -0.15) is 0 Å². The zero-order chi connectivity index (χ0) is 57.8. The van der Waals surface area contributed by atoms with Crippen molar-refractivity contribution in [2.45, 2.75) is 264 Å². The number of esters is 3. The van der Waals surface area contributed by atoms with Gasteiger partial charge in [-0.15, -0.1) is 0 Å². The van der Waals surface area contributed by atoms with Gasteiger partial charge >= 0.3 is 17.9 Å². The Labute approximate surface area is 492 Å². The molecular weight excluding hydrogens is 985 g/mol. The quantitative estimate of drug-likeness (QED) is 0.0261. The summed E-state index contributed by atoms with van der Waals surface area (Å²) in [5.41, 5.74) is 0. The number of hydrogen-bond acceptors (Lipinski definition) is 6. The average Bonchev–Trinajstić information content (AvgIpc) is 3.46. The molecule has 0 aliphatic heterocycles. The minimum Gasteiger partial charge on any atom is -0.462 e. The Bertz CT molecular complexity index is 1840. The van der Waals surface area contributed by atoms with Gasteiger partial charge in [0, 0.05) is 19.3 Å². The van der Waals surface area contributed by atoms with Gasteiger partial charge in [0.05, 0.1) is 0 Å². The van der Waals surface area contributed by atoms with Crippen molar-refractivity contribution in [3.8, 4) is 0 Å². The summed E-state index contributed by atoms with van der Waals surface area (Å²) in [4.78, 5) is 38.2. The summed E-state index contributed by atoms with van der Waals surface area (Å²) in [5, 5.41) is 0. The van der Waals surface area contributed by atoms with Crippen LogP contribution in [0.4, 0.5) is 0 Å². The van der Waals surface area contributed by atoms with Crippen molar-refractivity contribution in [1.82, 2.24) is 0 Å². The highest BCUT2D eigenvalue weighted by Crippen LogP contribution is 2.13. The van der Waals surface area contributed by atoms with Crippen LogP contribution in [0, 0.1) is 0 Å². The molecule has 0 spiro atoms. The Balaban J connectivity index is 4.34. The molecule has 0 radical (unpaired) electrons. The molecule has 0 heterocycles. The molecule has 0 aromatic rings. The monoisotopic (exact) mass is 1100 g/mol. The standard InChI is InChI=1S/C74H116O6/c1-4-7-10-13-16-19-22-25-27-28-29-30-31-32-33-34-35-36-37-38-39-40-41-42-43-44-45-46-47-50-52-55-58-61-64-67-73(76)79-70-71(69-78-72(75)66-63-60-57-54-51-48-24-21-18-15-12-9-6-3)80-74(77)68-65-62-59-56-53-49-26-23-20-17-14-11-8-5-2/h7,10,12,14-17,19,21,23-27,29-30,32-33,35-36,38-39,41-42,44-45,47,50,71H,4-6,8-9,11,13,18,20,22,28,31,34,37,40,43,46,48-49,51-70H2,1-3H3/b10-7-,15-12-,17-14-,19-16-,24-21-,26-23-,27-25-,30-29-,33-32-,36-35-,39-38-,42-41-,45-44-,50-47-. The minimum absolute atomic E-state index is 0.106. The van der Waals surface area contributed by atoms with Crippen LogP contribution in [-0.2, 0) is 28.6 Å². The molecule has 448 valence electrons. The molecule has 0 fully saturated rings. The van der Waals surface area contributed by atoms with E-state index in [1.54, 1.807) is 0 Å². The van der Waals surface area contributed by atoms with Crippen LogP contribution in [0.25, 0.3) is 0 Å². The van der Waals surface area contributed by atoms with Crippen LogP contribution >= 0.6 is 0 Å². The molecule has 0 bridgehead atoms. The molecule has 0 aromatic heterocycles. The third-order valence-corrected chi connectivity index (χ3v) is 12.9. The number of unbranched alkanes of at least 4 members (excludes halogenated alkanes) is 17. The lowest BCUT2D eigenvalue weighted by Crippen LogP contribution is -2.30. The maximum atomic E-state index is 12.9. The summed E-state index contributed by atoms with van der Waals surface area (Å²) >= 11 is 0. The molecule has 0 amide bonds. The average molecular weight is 1100 g/mol. The summed E-state index contributed by atoms with van der Waals surface area (Å²) in [6.07, 6.45) is 97.9. The van der Waals surface area contributed by atoms with Crippen molar-refractivity contribution >= 4 is 17.9 Å². The normalized spacial score (nSPS) is 13.3. The summed E-state index contributed by atoms with van der Waals surface area (Å²) < 4.78 is 16.8. The topological polar surface area (TPSA) is 78.9 Å². The maximum absolute atomic E-state index is 12.9. The van der Waals surface area contributed by atoms with Gasteiger partial charge in [0.15, 0.2) is 6.10 Å². The number of carbonyl (C=O) groups is 3. The Hall–Kier alpha value is -5.23. The molecule has 0 aliphatic rings. The zero-order valence-electron chi connectivity index (χ0n) is 51.3. The first kappa shape index (κ1) is 74.8. The molecule has 1 unspecified atom stereocenters. The maximum Gasteiger partial charge on any atom is 0.306 e. The van der Waals surface area contributed by atoms with E-state index in [4.69, 9.17) is 14.2 Å². The van der Waals surface area contributed by atoms with E-state index in [9.17, 15) is 14.4 Å². The third kappa shape index (κ3) is 63.6. The number of rotatable bonds is 56. The first-order valence-corrected chi connectivity index (χ1v) is 32.1. The van der Waals surface area contributed by atoms with E-state index in [0.717, 1.165) is 193 Å². The van der Waals surface area contributed by atoms with E-state index in [2.05, 4.69) is 191 Å². The Kier molecular flexibility index (Phi) is 61.9. The molecule has 0 N–H and O–H groups in total. The fourth-order valence-electron chi connectivity index (χ4n) is 8.11. The highest BCUT2D eigenvalue weighted by molar-refractivity contribution is 5.71. The number of ether oxygens (including phenoxy) is 3. The van der Waals surface area contributed by atoms with Gasteiger partial charge in [-0.3, -0.25) is 14.4 Å². The lowest BCUT2D eigenvalue weighted by atomic mass is 10.1. The molecule has 6 heteroatoms. The molecule has 1 atom stereocenters. The molecule has 0 saturated carbocycles. The van der Waals surface area contributed by atoms with Gasteiger partial charge < -0.3 is 14.2 Å². The van der Waals surface area contributed by atoms with Crippen LogP contribution in [0.1, 0.15) is 258 Å². The Morgan fingerprint density at radius 2 is 0.512 bits per heavy atom. The highest BCUT2D eigenvalue weighted by atomic mass is 16.6. The van der Waals surface area contributed by atoms with Crippen molar-refractivity contribution in [1.29, 1.82) is 0 Å². The second-order valence-corrected chi connectivity index (χ2v) is 20.6. The van der Waals surface area contributed by atoms with Crippen LogP contribution < -0.4 is 0 Å². The summed E-state index contributed by atoms with van der Waals surface area (Å²) in [5.74, 6) is -0.966. The first-order chi connectivity index (χ1) is 39.5. The largest absolute Gasteiger partial charge is 0.462 e. The molecule has 0 aromatic carbocycles. The van der Waals surface area contributed by atoms with Crippen molar-refractivity contribution in [3.05, 3.63) is 170 Å². The van der Waals surface area contributed by atoms with E-state index in [1.165, 1.54) is 25.7 Å². The number of allylic oxidation sites excluding steroid dienone is 28. The van der Waals surface area contributed by atoms with Crippen molar-refractivity contribution in [2.75, 3.05) is 13.2 Å².